The van der Waals surface area contributed by atoms with Gasteiger partial charge < -0.3 is 4.74 Å². The van der Waals surface area contributed by atoms with Gasteiger partial charge in [0.25, 0.3) is 0 Å². The van der Waals surface area contributed by atoms with Gasteiger partial charge in [0.1, 0.15) is 8.07 Å². The number of rotatable bonds is 10. The first-order chi connectivity index (χ1) is 15.4. The lowest BCUT2D eigenvalue weighted by Crippen LogP contribution is -2.66. The molecule has 0 bridgehead atoms. The van der Waals surface area contributed by atoms with Gasteiger partial charge in [0.2, 0.25) is 0 Å². The quantitative estimate of drug-likeness (QED) is 0.229. The summed E-state index contributed by atoms with van der Waals surface area (Å²) < 4.78 is 5.92. The van der Waals surface area contributed by atoms with E-state index in [2.05, 4.69) is 91.0 Å². The highest BCUT2D eigenvalue weighted by Gasteiger charge is 2.38. The number of hydrogen-bond donors (Lipinski definition) is 0. The molecular weight excluding hydrogens is 392 g/mol. The fourth-order valence-corrected chi connectivity index (χ4v) is 10.2. The zero-order valence-corrected chi connectivity index (χ0v) is 19.7. The smallest absolute Gasteiger partial charge is 0.148 e. The molecule has 0 aromatic heterocycles. The maximum absolute atomic E-state index is 5.92. The lowest BCUT2D eigenvalue weighted by atomic mass is 10.0. The van der Waals surface area contributed by atoms with Gasteiger partial charge in [-0.3, -0.25) is 0 Å². The van der Waals surface area contributed by atoms with Gasteiger partial charge in [0.05, 0.1) is 6.10 Å². The molecule has 162 valence electrons. The van der Waals surface area contributed by atoms with Crippen LogP contribution in [-0.4, -0.2) is 20.8 Å². The van der Waals surface area contributed by atoms with Crippen molar-refractivity contribution in [3.8, 4) is 0 Å². The molecule has 1 fully saturated rings. The molecular formula is C29H36OSi. The van der Waals surface area contributed by atoms with E-state index in [0.29, 0.717) is 6.10 Å². The first-order valence-electron chi connectivity index (χ1n) is 12.2. The van der Waals surface area contributed by atoms with Gasteiger partial charge in [-0.1, -0.05) is 117 Å². The molecule has 1 atom stereocenters. The lowest BCUT2D eigenvalue weighted by molar-refractivity contribution is 0.00978. The predicted molar refractivity (Wildman–Crippen MR) is 135 cm³/mol. The lowest BCUT2D eigenvalue weighted by Gasteiger charge is -2.34. The molecule has 0 aliphatic carbocycles. The Balaban J connectivity index is 1.50. The van der Waals surface area contributed by atoms with Crippen molar-refractivity contribution in [3.63, 3.8) is 0 Å². The van der Waals surface area contributed by atoms with E-state index in [1.807, 2.05) is 0 Å². The molecule has 31 heavy (non-hydrogen) atoms. The minimum atomic E-state index is -2.04. The molecule has 3 aromatic carbocycles. The van der Waals surface area contributed by atoms with E-state index in [4.69, 9.17) is 4.74 Å². The maximum Gasteiger partial charge on any atom is 0.148 e. The van der Waals surface area contributed by atoms with Gasteiger partial charge in [0, 0.05) is 6.61 Å². The average Bonchev–Trinajstić information content (AvgIpc) is 2.86. The van der Waals surface area contributed by atoms with Gasteiger partial charge in [-0.2, -0.15) is 0 Å². The Kier molecular flexibility index (Phi) is 8.15. The summed E-state index contributed by atoms with van der Waals surface area (Å²) in [6.07, 6.45) is 10.9. The van der Waals surface area contributed by atoms with E-state index in [1.165, 1.54) is 73.0 Å². The normalized spacial score (nSPS) is 16.8. The Labute approximate surface area is 189 Å². The van der Waals surface area contributed by atoms with Gasteiger partial charge >= 0.3 is 0 Å². The second-order valence-corrected chi connectivity index (χ2v) is 13.0. The molecule has 4 rings (SSSR count). The number of hydrogen-bond acceptors (Lipinski definition) is 1. The number of benzene rings is 3. The molecule has 0 radical (unpaired) electrons. The zero-order chi connectivity index (χ0) is 21.2. The molecule has 0 N–H and O–H groups in total. The molecule has 0 amide bonds. The zero-order valence-electron chi connectivity index (χ0n) is 18.7. The van der Waals surface area contributed by atoms with Crippen molar-refractivity contribution < 1.29 is 4.74 Å². The average molecular weight is 429 g/mol. The summed E-state index contributed by atoms with van der Waals surface area (Å²) in [6.45, 7) is 0.976. The van der Waals surface area contributed by atoms with Crippen molar-refractivity contribution in [2.24, 2.45) is 0 Å². The molecule has 1 nitrogen and oxygen atoms in total. The third-order valence-corrected chi connectivity index (χ3v) is 12.0. The molecule has 1 unspecified atom stereocenters. The van der Waals surface area contributed by atoms with Crippen LogP contribution in [0.1, 0.15) is 51.4 Å². The minimum Gasteiger partial charge on any atom is -0.378 e. The van der Waals surface area contributed by atoms with Crippen LogP contribution in [0.15, 0.2) is 91.0 Å². The van der Waals surface area contributed by atoms with Crippen molar-refractivity contribution in [2.45, 2.75) is 63.5 Å². The topological polar surface area (TPSA) is 9.23 Å². The highest BCUT2D eigenvalue weighted by Crippen LogP contribution is 2.21. The molecule has 2 heteroatoms. The summed E-state index contributed by atoms with van der Waals surface area (Å²) >= 11 is 0. The summed E-state index contributed by atoms with van der Waals surface area (Å²) in [5, 5.41) is 4.59. The van der Waals surface area contributed by atoms with Crippen molar-refractivity contribution in [1.82, 2.24) is 0 Å². The summed E-state index contributed by atoms with van der Waals surface area (Å²) in [4.78, 5) is 0. The Morgan fingerprint density at radius 2 is 1.13 bits per heavy atom. The number of unbranched alkanes of at least 4 members (excludes halogenated alkanes) is 3. The third-order valence-electron chi connectivity index (χ3n) is 6.90. The Morgan fingerprint density at radius 1 is 0.613 bits per heavy atom. The molecule has 3 aromatic rings. The van der Waals surface area contributed by atoms with E-state index in [9.17, 15) is 0 Å². The minimum absolute atomic E-state index is 0.528. The second-order valence-electron chi connectivity index (χ2n) is 8.94. The van der Waals surface area contributed by atoms with Crippen LogP contribution in [-0.2, 0) is 4.74 Å². The second kappa shape index (κ2) is 11.5. The SMILES string of the molecule is c1ccc([Si](CCCCCCC2CCCCO2)(c2ccccc2)c2ccccc2)cc1. The first kappa shape index (κ1) is 22.0. The predicted octanol–water partition coefficient (Wildman–Crippen LogP) is 5.68. The van der Waals surface area contributed by atoms with Crippen LogP contribution in [0.25, 0.3) is 0 Å². The van der Waals surface area contributed by atoms with Crippen LogP contribution in [0, 0.1) is 0 Å². The highest BCUT2D eigenvalue weighted by atomic mass is 28.3. The summed E-state index contributed by atoms with van der Waals surface area (Å²) in [7, 11) is -2.04. The third kappa shape index (κ3) is 5.56. The van der Waals surface area contributed by atoms with Crippen LogP contribution in [0.3, 0.4) is 0 Å². The monoisotopic (exact) mass is 428 g/mol. The van der Waals surface area contributed by atoms with E-state index in [1.54, 1.807) is 0 Å². The number of ether oxygens (including phenoxy) is 1. The van der Waals surface area contributed by atoms with E-state index in [0.717, 1.165) is 6.61 Å². The summed E-state index contributed by atoms with van der Waals surface area (Å²) in [6, 6.07) is 35.2. The van der Waals surface area contributed by atoms with Crippen LogP contribution < -0.4 is 15.6 Å². The molecule has 0 spiro atoms. The largest absolute Gasteiger partial charge is 0.378 e. The first-order valence-corrected chi connectivity index (χ1v) is 14.4. The molecule has 1 aliphatic rings. The van der Waals surface area contributed by atoms with Gasteiger partial charge in [0.15, 0.2) is 0 Å². The van der Waals surface area contributed by atoms with Crippen molar-refractivity contribution in [1.29, 1.82) is 0 Å². The van der Waals surface area contributed by atoms with Crippen LogP contribution >= 0.6 is 0 Å². The molecule has 1 saturated heterocycles. The Hall–Kier alpha value is -2.16. The fraction of sp³-hybridized carbons (Fsp3) is 0.379. The van der Waals surface area contributed by atoms with Crippen molar-refractivity contribution >= 4 is 23.6 Å². The molecule has 1 heterocycles. The standard InChI is InChI=1S/C29H36OSi/c1(6-16-26-17-13-14-24-30-26)2-15-25-31(27-18-7-3-8-19-27,28-20-9-4-10-21-28)29-22-11-5-12-23-29/h3-5,7-12,18-23,26H,1-2,6,13-17,24-25H2. The van der Waals surface area contributed by atoms with Crippen LogP contribution in [0.5, 0.6) is 0 Å². The summed E-state index contributed by atoms with van der Waals surface area (Å²) in [5.74, 6) is 0. The van der Waals surface area contributed by atoms with E-state index < -0.39 is 8.07 Å². The van der Waals surface area contributed by atoms with Gasteiger partial charge in [-0.15, -0.1) is 0 Å². The van der Waals surface area contributed by atoms with Crippen molar-refractivity contribution in [3.05, 3.63) is 91.0 Å². The van der Waals surface area contributed by atoms with Crippen LogP contribution in [0.4, 0.5) is 0 Å². The fourth-order valence-electron chi connectivity index (χ4n) is 5.25. The summed E-state index contributed by atoms with van der Waals surface area (Å²) in [5.41, 5.74) is 0. The molecule has 0 saturated carbocycles. The van der Waals surface area contributed by atoms with Gasteiger partial charge in [-0.05, 0) is 47.3 Å². The van der Waals surface area contributed by atoms with E-state index >= 15 is 0 Å². The van der Waals surface area contributed by atoms with Gasteiger partial charge in [-0.25, -0.2) is 0 Å². The Morgan fingerprint density at radius 3 is 1.61 bits per heavy atom. The highest BCUT2D eigenvalue weighted by molar-refractivity contribution is 7.11. The Bertz CT molecular complexity index is 776. The van der Waals surface area contributed by atoms with E-state index in [-0.39, 0.29) is 0 Å². The van der Waals surface area contributed by atoms with Crippen molar-refractivity contribution in [2.75, 3.05) is 6.61 Å². The maximum atomic E-state index is 5.92. The molecule has 1 aliphatic heterocycles. The van der Waals surface area contributed by atoms with Crippen LogP contribution in [0.2, 0.25) is 6.04 Å².